The quantitative estimate of drug-likeness (QED) is 0.875. The molecule has 1 aromatic carbocycles. The van der Waals surface area contributed by atoms with Crippen LogP contribution in [0.25, 0.3) is 10.9 Å². The first kappa shape index (κ1) is 13.9. The summed E-state index contributed by atoms with van der Waals surface area (Å²) in [6, 6.07) is 9.27. The summed E-state index contributed by atoms with van der Waals surface area (Å²) >= 11 is 0. The number of para-hydroxylation sites is 1. The van der Waals surface area contributed by atoms with Gasteiger partial charge in [-0.15, -0.1) is 0 Å². The maximum Gasteiger partial charge on any atom is 0.248 e. The minimum Gasteiger partial charge on any atom is -0.497 e. The average molecular weight is 303 g/mol. The largest absolute Gasteiger partial charge is 0.497 e. The molecule has 0 saturated carbocycles. The fourth-order valence-corrected chi connectivity index (χ4v) is 4.28. The molecule has 110 valence electrons. The molecule has 0 aliphatic heterocycles. The van der Waals surface area contributed by atoms with Gasteiger partial charge in [0.1, 0.15) is 10.5 Å². The third kappa shape index (κ3) is 2.08. The molecule has 0 N–H and O–H groups in total. The van der Waals surface area contributed by atoms with E-state index in [1.54, 1.807) is 32.4 Å². The fraction of sp³-hybridized carbons (Fsp3) is 0.250. The summed E-state index contributed by atoms with van der Waals surface area (Å²) in [6.07, 6.45) is 7.35. The number of hydrogen-bond donors (Lipinski definition) is 0. The Morgan fingerprint density at radius 2 is 2.00 bits per heavy atom. The highest BCUT2D eigenvalue weighted by Crippen LogP contribution is 2.33. The van der Waals surface area contributed by atoms with Crippen molar-refractivity contribution in [2.75, 3.05) is 7.11 Å². The molecule has 2 aromatic rings. The molecular weight excluding hydrogens is 286 g/mol. The zero-order valence-electron chi connectivity index (χ0n) is 12.0. The Kier molecular flexibility index (Phi) is 3.17. The van der Waals surface area contributed by atoms with Gasteiger partial charge < -0.3 is 4.74 Å². The first-order valence-corrected chi connectivity index (χ1v) is 8.16. The number of aromatic nitrogens is 1. The van der Waals surface area contributed by atoms with Crippen LogP contribution in [-0.4, -0.2) is 24.2 Å². The molecular formula is C16H17NO3S. The van der Waals surface area contributed by atoms with Gasteiger partial charge >= 0.3 is 0 Å². The van der Waals surface area contributed by atoms with E-state index in [1.165, 1.54) is 3.97 Å². The van der Waals surface area contributed by atoms with Crippen molar-refractivity contribution in [3.05, 3.63) is 60.5 Å². The highest BCUT2D eigenvalue weighted by Gasteiger charge is 2.40. The summed E-state index contributed by atoms with van der Waals surface area (Å²) in [5, 5.41) is 0.909. The van der Waals surface area contributed by atoms with Gasteiger partial charge in [-0.25, -0.2) is 12.4 Å². The summed E-state index contributed by atoms with van der Waals surface area (Å²) in [6.45, 7) is 1.72. The van der Waals surface area contributed by atoms with E-state index in [-0.39, 0.29) is 0 Å². The number of allylic oxidation sites excluding steroid dienone is 2. The molecule has 1 atom stereocenters. The Labute approximate surface area is 124 Å². The number of fused-ring (bicyclic) bond motifs is 1. The zero-order chi connectivity index (χ0) is 15.1. The van der Waals surface area contributed by atoms with Gasteiger partial charge in [0.2, 0.25) is 10.0 Å². The van der Waals surface area contributed by atoms with Gasteiger partial charge in [-0.1, -0.05) is 24.3 Å². The van der Waals surface area contributed by atoms with E-state index in [1.807, 2.05) is 36.4 Å². The molecule has 0 amide bonds. The van der Waals surface area contributed by atoms with Crippen LogP contribution in [0.15, 0.2) is 60.5 Å². The molecule has 21 heavy (non-hydrogen) atoms. The third-order valence-corrected chi connectivity index (χ3v) is 6.20. The number of nitrogens with zero attached hydrogens (tertiary/aromatic N) is 1. The molecule has 1 unspecified atom stereocenters. The van der Waals surface area contributed by atoms with Crippen LogP contribution in [0.4, 0.5) is 0 Å². The van der Waals surface area contributed by atoms with Crippen molar-refractivity contribution in [3.8, 4) is 0 Å². The highest BCUT2D eigenvalue weighted by molar-refractivity contribution is 7.91. The standard InChI is InChI=1S/C16H17NO3S/c1-16(10-5-7-14(12-16)20-2)21(18,19)17-11-9-13-6-3-4-8-15(13)17/h3-9,11-12H,10H2,1-2H3. The van der Waals surface area contributed by atoms with Gasteiger partial charge in [-0.2, -0.15) is 0 Å². The lowest BCUT2D eigenvalue weighted by Gasteiger charge is -2.28. The van der Waals surface area contributed by atoms with Crippen molar-refractivity contribution in [1.29, 1.82) is 0 Å². The maximum absolute atomic E-state index is 13.1. The molecule has 1 heterocycles. The van der Waals surface area contributed by atoms with Gasteiger partial charge in [0.15, 0.2) is 0 Å². The second kappa shape index (κ2) is 4.77. The van der Waals surface area contributed by atoms with E-state index in [0.717, 1.165) is 5.39 Å². The predicted octanol–water partition coefficient (Wildman–Crippen LogP) is 3.07. The average Bonchev–Trinajstić information content (AvgIpc) is 2.91. The minimum atomic E-state index is -3.58. The summed E-state index contributed by atoms with van der Waals surface area (Å²) in [7, 11) is -2.04. The van der Waals surface area contributed by atoms with Crippen LogP contribution >= 0.6 is 0 Å². The van der Waals surface area contributed by atoms with Crippen LogP contribution in [0, 0.1) is 0 Å². The van der Waals surface area contributed by atoms with Crippen LogP contribution in [0.1, 0.15) is 13.3 Å². The molecule has 4 nitrogen and oxygen atoms in total. The Morgan fingerprint density at radius 3 is 2.76 bits per heavy atom. The van der Waals surface area contributed by atoms with E-state index in [2.05, 4.69) is 0 Å². The Morgan fingerprint density at radius 1 is 1.24 bits per heavy atom. The summed E-state index contributed by atoms with van der Waals surface area (Å²) in [4.78, 5) is 0. The van der Waals surface area contributed by atoms with E-state index in [9.17, 15) is 8.42 Å². The van der Waals surface area contributed by atoms with Crippen molar-refractivity contribution < 1.29 is 13.2 Å². The number of ether oxygens (including phenoxy) is 1. The van der Waals surface area contributed by atoms with E-state index in [0.29, 0.717) is 17.7 Å². The zero-order valence-corrected chi connectivity index (χ0v) is 12.8. The third-order valence-electron chi connectivity index (χ3n) is 3.90. The van der Waals surface area contributed by atoms with Crippen LogP contribution in [0.5, 0.6) is 0 Å². The second-order valence-corrected chi connectivity index (χ2v) is 7.62. The summed E-state index contributed by atoms with van der Waals surface area (Å²) in [5.74, 6) is 0.573. The monoisotopic (exact) mass is 303 g/mol. The molecule has 3 rings (SSSR count). The SMILES string of the molecule is COC1=CC(C)(S(=O)(=O)n2ccc3ccccc32)CC=C1. The number of methoxy groups -OCH3 is 1. The second-order valence-electron chi connectivity index (χ2n) is 5.35. The molecule has 0 fully saturated rings. The van der Waals surface area contributed by atoms with Gasteiger partial charge in [0.05, 0.1) is 12.6 Å². The Balaban J connectivity index is 2.17. The molecule has 1 aromatic heterocycles. The molecule has 1 aliphatic rings. The normalized spacial score (nSPS) is 22.3. The molecule has 0 spiro atoms. The molecule has 1 aliphatic carbocycles. The molecule has 0 saturated heterocycles. The van der Waals surface area contributed by atoms with Crippen molar-refractivity contribution in [2.24, 2.45) is 0 Å². The fourth-order valence-electron chi connectivity index (χ4n) is 2.62. The molecule has 0 radical (unpaired) electrons. The van der Waals surface area contributed by atoms with Crippen molar-refractivity contribution >= 4 is 20.9 Å². The highest BCUT2D eigenvalue weighted by atomic mass is 32.2. The van der Waals surface area contributed by atoms with Gasteiger partial charge in [-0.05, 0) is 37.6 Å². The van der Waals surface area contributed by atoms with Gasteiger partial charge in [-0.3, -0.25) is 0 Å². The Bertz CT molecular complexity index is 845. The Hall–Kier alpha value is -2.01. The number of rotatable bonds is 3. The number of hydrogen-bond acceptors (Lipinski definition) is 3. The predicted molar refractivity (Wildman–Crippen MR) is 83.5 cm³/mol. The molecule has 0 bridgehead atoms. The molecule has 5 heteroatoms. The van der Waals surface area contributed by atoms with Crippen LogP contribution in [-0.2, 0) is 14.8 Å². The summed E-state index contributed by atoms with van der Waals surface area (Å²) in [5.41, 5.74) is 0.695. The van der Waals surface area contributed by atoms with Crippen molar-refractivity contribution in [2.45, 2.75) is 18.1 Å². The van der Waals surface area contributed by atoms with Gasteiger partial charge in [0.25, 0.3) is 0 Å². The van der Waals surface area contributed by atoms with E-state index in [4.69, 9.17) is 4.74 Å². The van der Waals surface area contributed by atoms with Gasteiger partial charge in [0, 0.05) is 11.6 Å². The first-order chi connectivity index (χ1) is 9.98. The van der Waals surface area contributed by atoms with Crippen molar-refractivity contribution in [1.82, 2.24) is 3.97 Å². The maximum atomic E-state index is 13.1. The smallest absolute Gasteiger partial charge is 0.248 e. The van der Waals surface area contributed by atoms with Crippen LogP contribution in [0.3, 0.4) is 0 Å². The topological polar surface area (TPSA) is 48.3 Å². The number of benzene rings is 1. The van der Waals surface area contributed by atoms with Crippen LogP contribution < -0.4 is 0 Å². The van der Waals surface area contributed by atoms with Crippen molar-refractivity contribution in [3.63, 3.8) is 0 Å². The minimum absolute atomic E-state index is 0.425. The van der Waals surface area contributed by atoms with E-state index < -0.39 is 14.8 Å². The lowest BCUT2D eigenvalue weighted by Crippen LogP contribution is -2.38. The lowest BCUT2D eigenvalue weighted by atomic mass is 10.0. The van der Waals surface area contributed by atoms with E-state index >= 15 is 0 Å². The lowest BCUT2D eigenvalue weighted by molar-refractivity contribution is 0.301. The first-order valence-electron chi connectivity index (χ1n) is 6.72. The van der Waals surface area contributed by atoms with Crippen LogP contribution in [0.2, 0.25) is 0 Å². The summed E-state index contributed by atoms with van der Waals surface area (Å²) < 4.78 is 31.7.